The molecule has 1 fully saturated rings. The van der Waals surface area contributed by atoms with Crippen molar-refractivity contribution < 1.29 is 68.1 Å². The van der Waals surface area contributed by atoms with Crippen LogP contribution >= 0.6 is 0 Å². The van der Waals surface area contributed by atoms with Crippen LogP contribution in [0.25, 0.3) is 0 Å². The third kappa shape index (κ3) is 23.9. The van der Waals surface area contributed by atoms with Crippen LogP contribution in [0.15, 0.2) is 0 Å². The van der Waals surface area contributed by atoms with Crippen molar-refractivity contribution in [2.45, 2.75) is 165 Å². The molecular weight excluding hydrogens is 806 g/mol. The Labute approximate surface area is 352 Å². The molecule has 0 unspecified atom stereocenters. The van der Waals surface area contributed by atoms with Gasteiger partial charge in [-0.2, -0.15) is 0 Å². The van der Waals surface area contributed by atoms with E-state index < -0.39 is 121 Å². The van der Waals surface area contributed by atoms with Crippen LogP contribution in [0.5, 0.6) is 0 Å². The number of imide groups is 1. The zero-order valence-electron chi connectivity index (χ0n) is 34.3. The van der Waals surface area contributed by atoms with Crippen molar-refractivity contribution >= 4 is 71.0 Å². The first-order valence-corrected chi connectivity index (χ1v) is 20.4. The molecule has 4 atom stereocenters. The molecule has 1 aliphatic heterocycles. The van der Waals surface area contributed by atoms with Crippen molar-refractivity contribution in [2.24, 2.45) is 11.5 Å². The minimum absolute atomic E-state index is 0.109. The minimum Gasteiger partial charge on any atom is -0.481 e. The lowest BCUT2D eigenvalue weighted by molar-refractivity contribution is -0.197. The monoisotopic (exact) mass is 867 g/mol. The second-order valence-corrected chi connectivity index (χ2v) is 14.7. The second-order valence-electron chi connectivity index (χ2n) is 14.7. The van der Waals surface area contributed by atoms with E-state index in [1.54, 1.807) is 0 Å². The molecule has 23 nitrogen and oxygen atoms in total. The first kappa shape index (κ1) is 52.9. The molecule has 61 heavy (non-hydrogen) atoms. The van der Waals surface area contributed by atoms with Crippen molar-refractivity contribution in [1.82, 2.24) is 26.3 Å². The van der Waals surface area contributed by atoms with Crippen molar-refractivity contribution in [2.75, 3.05) is 0 Å². The van der Waals surface area contributed by atoms with Crippen molar-refractivity contribution in [1.29, 1.82) is 10.8 Å². The zero-order chi connectivity index (χ0) is 45.9. The van der Waals surface area contributed by atoms with Gasteiger partial charge in [0, 0.05) is 44.9 Å². The van der Waals surface area contributed by atoms with Gasteiger partial charge in [0.05, 0.1) is 18.5 Å². The summed E-state index contributed by atoms with van der Waals surface area (Å²) in [5.74, 6) is -9.84. The Kier molecular flexibility index (Phi) is 25.2. The summed E-state index contributed by atoms with van der Waals surface area (Å²) in [6.45, 7) is 0. The molecule has 1 rings (SSSR count). The van der Waals surface area contributed by atoms with Gasteiger partial charge in [0.15, 0.2) is 0 Å². The largest absolute Gasteiger partial charge is 0.481 e. The van der Waals surface area contributed by atoms with E-state index in [1.807, 2.05) is 0 Å². The lowest BCUT2D eigenvalue weighted by atomic mass is 10.0. The topological polar surface area (TPSA) is 392 Å². The van der Waals surface area contributed by atoms with E-state index in [1.165, 1.54) is 0 Å². The number of nitrogens with one attached hydrogen (secondary N) is 6. The molecule has 13 N–H and O–H groups in total. The maximum atomic E-state index is 12.6. The quantitative estimate of drug-likeness (QED) is 0.0181. The number of carboxylic acid groups (broad SMARTS) is 3. The van der Waals surface area contributed by atoms with Gasteiger partial charge in [-0.05, 0) is 38.5 Å². The molecule has 1 heterocycles. The van der Waals surface area contributed by atoms with Crippen molar-refractivity contribution in [3.63, 3.8) is 0 Å². The first-order valence-electron chi connectivity index (χ1n) is 20.4. The minimum atomic E-state index is -1.56. The number of hydrogen-bond acceptors (Lipinski definition) is 13. The predicted octanol–water partition coefficient (Wildman–Crippen LogP) is 0.461. The molecule has 0 aromatic carbocycles. The summed E-state index contributed by atoms with van der Waals surface area (Å²) in [6, 6.07) is -5.27. The highest BCUT2D eigenvalue weighted by Gasteiger charge is 2.33. The van der Waals surface area contributed by atoms with E-state index in [2.05, 4.69) is 21.3 Å². The van der Waals surface area contributed by atoms with Crippen LogP contribution in [-0.4, -0.2) is 116 Å². The standard InChI is InChI=1S/C38H61N9O14/c39-35(40)23(43-28(49)18-14-25(37(57)58)45-27(48)11-9-7-5-3-1-2-4-6-8-10-12-33(54)55)13-17-30(51)46-26(38(59)60)15-19-29(50)44-24(36(41)42)16-22-34(56)61-47-31(52)20-21-32(47)53/h23-26H,1-22H2,(H3,39,40)(H3,41,42)(H,43,49)(H,44,50)(H,45,48)(H,46,51)(H,54,55)(H,57,58)(H,59,60)/t23-,24-,25-,26-/m0/s1. The Morgan fingerprint density at radius 2 is 0.820 bits per heavy atom. The number of hydroxylamine groups is 2. The molecule has 6 amide bonds. The van der Waals surface area contributed by atoms with Crippen LogP contribution in [0.2, 0.25) is 0 Å². The van der Waals surface area contributed by atoms with Crippen LogP contribution in [-0.2, 0) is 52.8 Å². The molecule has 0 bridgehead atoms. The van der Waals surface area contributed by atoms with Gasteiger partial charge in [0.1, 0.15) is 23.8 Å². The lowest BCUT2D eigenvalue weighted by Crippen LogP contribution is -2.47. The number of nitrogens with zero attached hydrogens (tertiary/aromatic N) is 1. The predicted molar refractivity (Wildman–Crippen MR) is 214 cm³/mol. The van der Waals surface area contributed by atoms with E-state index in [-0.39, 0.29) is 51.4 Å². The summed E-state index contributed by atoms with van der Waals surface area (Å²) >= 11 is 0. The van der Waals surface area contributed by atoms with Crippen molar-refractivity contribution in [3.8, 4) is 0 Å². The van der Waals surface area contributed by atoms with E-state index >= 15 is 0 Å². The summed E-state index contributed by atoms with van der Waals surface area (Å²) < 4.78 is 0. The number of hydrogen-bond donors (Lipinski definition) is 11. The second kappa shape index (κ2) is 29.1. The van der Waals surface area contributed by atoms with E-state index in [9.17, 15) is 58.2 Å². The maximum absolute atomic E-state index is 12.6. The summed E-state index contributed by atoms with van der Waals surface area (Å²) in [4.78, 5) is 124. The summed E-state index contributed by atoms with van der Waals surface area (Å²) in [5, 5.41) is 53.2. The molecule has 0 spiro atoms. The van der Waals surface area contributed by atoms with Crippen LogP contribution < -0.4 is 32.7 Å². The number of carbonyl (C=O) groups is 10. The average molecular weight is 868 g/mol. The van der Waals surface area contributed by atoms with Gasteiger partial charge in [-0.1, -0.05) is 51.4 Å². The Bertz CT molecular complexity index is 1570. The summed E-state index contributed by atoms with van der Waals surface area (Å²) in [5.41, 5.74) is 11.1. The van der Waals surface area contributed by atoms with Crippen LogP contribution in [0, 0.1) is 10.8 Å². The molecule has 1 aliphatic rings. The first-order chi connectivity index (χ1) is 28.8. The molecule has 0 saturated carbocycles. The number of rotatable bonds is 34. The molecule has 0 aromatic heterocycles. The van der Waals surface area contributed by atoms with E-state index in [0.717, 1.165) is 51.4 Å². The van der Waals surface area contributed by atoms with Gasteiger partial charge < -0.3 is 52.9 Å². The number of amidine groups is 2. The highest BCUT2D eigenvalue weighted by molar-refractivity contribution is 6.01. The number of aliphatic carboxylic acids is 3. The maximum Gasteiger partial charge on any atom is 0.333 e. The SMILES string of the molecule is N=C(N)[C@H](CCC(=O)N[C@@H](CCC(=O)N[C@@H](CCC(=O)ON1C(=O)CCC1=O)C(=N)N)C(=O)O)NC(=O)CC[C@H](NC(=O)CCCCCCCCCCCCC(=O)O)C(=O)O. The smallest absolute Gasteiger partial charge is 0.333 e. The van der Waals surface area contributed by atoms with Gasteiger partial charge >= 0.3 is 23.9 Å². The van der Waals surface area contributed by atoms with Crippen LogP contribution in [0.4, 0.5) is 0 Å². The Morgan fingerprint density at radius 3 is 1.18 bits per heavy atom. The third-order valence-electron chi connectivity index (χ3n) is 9.55. The van der Waals surface area contributed by atoms with Gasteiger partial charge in [0.2, 0.25) is 23.6 Å². The number of carboxylic acids is 3. The number of nitrogens with two attached hydrogens (primary N) is 2. The Hall–Kier alpha value is -6.16. The van der Waals surface area contributed by atoms with Gasteiger partial charge in [-0.25, -0.2) is 14.4 Å². The number of unbranched alkanes of at least 4 members (excludes halogenated alkanes) is 9. The third-order valence-corrected chi connectivity index (χ3v) is 9.55. The van der Waals surface area contributed by atoms with Gasteiger partial charge in [-0.15, -0.1) is 5.06 Å². The van der Waals surface area contributed by atoms with Crippen LogP contribution in [0.3, 0.4) is 0 Å². The lowest BCUT2D eigenvalue weighted by Gasteiger charge is -2.20. The Morgan fingerprint density at radius 1 is 0.508 bits per heavy atom. The number of carbonyl (C=O) groups excluding carboxylic acids is 7. The van der Waals surface area contributed by atoms with Crippen molar-refractivity contribution in [3.05, 3.63) is 0 Å². The molecule has 0 radical (unpaired) electrons. The number of amides is 6. The normalized spacial score (nSPS) is 14.2. The molecule has 0 aromatic rings. The zero-order valence-corrected chi connectivity index (χ0v) is 34.3. The average Bonchev–Trinajstić information content (AvgIpc) is 3.49. The summed E-state index contributed by atoms with van der Waals surface area (Å²) in [6.07, 6.45) is 6.20. The van der Waals surface area contributed by atoms with E-state index in [0.29, 0.717) is 17.9 Å². The summed E-state index contributed by atoms with van der Waals surface area (Å²) in [7, 11) is 0. The molecule has 23 heteroatoms. The highest BCUT2D eigenvalue weighted by Crippen LogP contribution is 2.15. The molecule has 1 saturated heterocycles. The fourth-order valence-corrected chi connectivity index (χ4v) is 6.06. The molecular formula is C38H61N9O14. The molecule has 342 valence electrons. The molecule has 0 aliphatic carbocycles. The highest BCUT2D eigenvalue weighted by atomic mass is 16.7. The Balaban J connectivity index is 2.45. The van der Waals surface area contributed by atoms with Crippen LogP contribution in [0.1, 0.15) is 141 Å². The van der Waals surface area contributed by atoms with Gasteiger partial charge in [0.25, 0.3) is 11.8 Å². The van der Waals surface area contributed by atoms with Gasteiger partial charge in [-0.3, -0.25) is 44.4 Å². The fourth-order valence-electron chi connectivity index (χ4n) is 6.06. The fraction of sp³-hybridized carbons (Fsp3) is 0.684. The van der Waals surface area contributed by atoms with E-state index in [4.69, 9.17) is 32.2 Å².